The number of aromatic nitrogens is 1. The van der Waals surface area contributed by atoms with Crippen molar-refractivity contribution in [1.29, 1.82) is 0 Å². The molecule has 2 atom stereocenters. The van der Waals surface area contributed by atoms with Gasteiger partial charge in [-0.1, -0.05) is 145 Å². The Morgan fingerprint density at radius 3 is 1.80 bits per heavy atom. The largest absolute Gasteiger partial charge is 0.459 e. The van der Waals surface area contributed by atoms with Crippen molar-refractivity contribution in [3.8, 4) is 0 Å². The number of amides is 1. The summed E-state index contributed by atoms with van der Waals surface area (Å²) in [6.45, 7) is 15.6. The number of anilines is 1. The minimum atomic E-state index is -2.32. The molecule has 1 aromatic heterocycles. The van der Waals surface area contributed by atoms with Gasteiger partial charge in [-0.2, -0.15) is 0 Å². The number of rotatable bonds is 16. The van der Waals surface area contributed by atoms with Crippen molar-refractivity contribution < 1.29 is 28.6 Å². The zero-order valence-electron chi connectivity index (χ0n) is 33.4. The number of carbonyl (C=O) groups is 3. The van der Waals surface area contributed by atoms with E-state index in [1.807, 2.05) is 141 Å². The van der Waals surface area contributed by atoms with E-state index in [2.05, 4.69) is 43.4 Å². The van der Waals surface area contributed by atoms with Crippen LogP contribution >= 0.6 is 0 Å². The lowest BCUT2D eigenvalue weighted by molar-refractivity contribution is -0.147. The summed E-state index contributed by atoms with van der Waals surface area (Å²) in [5.74, 6) is -0.795. The molecule has 0 saturated carbocycles. The average Bonchev–Trinajstić information content (AvgIpc) is 3.57. The summed E-state index contributed by atoms with van der Waals surface area (Å²) in [6.07, 6.45) is 1.22. The Morgan fingerprint density at radius 1 is 0.745 bits per heavy atom. The molecule has 290 valence electrons. The van der Waals surface area contributed by atoms with Crippen molar-refractivity contribution in [2.45, 2.75) is 84.7 Å². The summed E-state index contributed by atoms with van der Waals surface area (Å²) >= 11 is 0. The highest BCUT2D eigenvalue weighted by atomic mass is 28.3. The van der Waals surface area contributed by atoms with Crippen molar-refractivity contribution in [2.75, 3.05) is 18.6 Å². The van der Waals surface area contributed by atoms with Gasteiger partial charge in [0.1, 0.15) is 25.3 Å². The maximum absolute atomic E-state index is 15.0. The quantitative estimate of drug-likeness (QED) is 0.0608. The molecule has 1 N–H and O–H groups in total. The van der Waals surface area contributed by atoms with E-state index in [0.717, 1.165) is 22.2 Å². The number of ketones is 1. The summed E-state index contributed by atoms with van der Waals surface area (Å²) < 4.78 is 19.9. The van der Waals surface area contributed by atoms with Crippen LogP contribution in [0.25, 0.3) is 10.9 Å². The Morgan fingerprint density at radius 2 is 1.27 bits per heavy atom. The number of fused-ring (bicyclic) bond motifs is 1. The number of esters is 1. The fraction of sp³-hybridized carbons (Fsp3) is 0.356. The molecule has 0 unspecified atom stereocenters. The first-order chi connectivity index (χ1) is 26.2. The van der Waals surface area contributed by atoms with E-state index in [1.165, 1.54) is 0 Å². The Balaban J connectivity index is 1.55. The molecular formula is C45H55N3O6Si. The van der Waals surface area contributed by atoms with Crippen LogP contribution < -0.4 is 10.2 Å². The van der Waals surface area contributed by atoms with Crippen molar-refractivity contribution in [3.63, 3.8) is 0 Å². The molecule has 9 nitrogen and oxygen atoms in total. The van der Waals surface area contributed by atoms with Gasteiger partial charge in [0.2, 0.25) is 0 Å². The smallest absolute Gasteiger partial charge is 0.408 e. The van der Waals surface area contributed by atoms with Crippen molar-refractivity contribution in [2.24, 2.45) is 5.92 Å². The predicted octanol–water partition coefficient (Wildman–Crippen LogP) is 9.39. The molecule has 0 aliphatic rings. The van der Waals surface area contributed by atoms with E-state index in [9.17, 15) is 9.59 Å². The minimum absolute atomic E-state index is 0.0506. The van der Waals surface area contributed by atoms with Crippen molar-refractivity contribution in [1.82, 2.24) is 9.55 Å². The molecule has 0 radical (unpaired) electrons. The first-order valence-electron chi connectivity index (χ1n) is 18.9. The molecule has 4 aromatic carbocycles. The lowest BCUT2D eigenvalue weighted by Gasteiger charge is -2.38. The maximum atomic E-state index is 15.0. The maximum Gasteiger partial charge on any atom is 0.408 e. The van der Waals surface area contributed by atoms with Gasteiger partial charge in [0, 0.05) is 35.4 Å². The van der Waals surface area contributed by atoms with Gasteiger partial charge in [0.15, 0.2) is 14.0 Å². The molecule has 0 aliphatic heterocycles. The van der Waals surface area contributed by atoms with E-state index >= 15 is 4.79 Å². The Kier molecular flexibility index (Phi) is 13.4. The lowest BCUT2D eigenvalue weighted by Crippen LogP contribution is -2.45. The second-order valence-electron chi connectivity index (χ2n) is 15.9. The molecule has 5 aromatic rings. The zero-order valence-corrected chi connectivity index (χ0v) is 34.4. The predicted molar refractivity (Wildman–Crippen MR) is 222 cm³/mol. The summed E-state index contributed by atoms with van der Waals surface area (Å²) in [5, 5.41) is 3.45. The SMILES string of the molecule is CC(C)[C@@H](C(=O)OCc1ccccc1)N(C)c1cccc2c1c(C(=O)[C@@H](COCc1ccccc1)NC(=O)OCc1ccccc1)cn2[Si](C)(C)C(C)(C)C. The molecule has 10 heteroatoms. The van der Waals surface area contributed by atoms with Gasteiger partial charge >= 0.3 is 12.1 Å². The van der Waals surface area contributed by atoms with Crippen LogP contribution in [0.15, 0.2) is 115 Å². The first-order valence-corrected chi connectivity index (χ1v) is 21.8. The number of likely N-dealkylation sites (N-methyl/N-ethyl adjacent to an activating group) is 1. The number of nitrogens with zero attached hydrogens (tertiary/aromatic N) is 2. The highest BCUT2D eigenvalue weighted by Crippen LogP contribution is 2.42. The molecule has 0 aliphatic carbocycles. The summed E-state index contributed by atoms with van der Waals surface area (Å²) in [5.41, 5.74) is 4.70. The van der Waals surface area contributed by atoms with Crippen LogP contribution in [-0.4, -0.2) is 56.1 Å². The van der Waals surface area contributed by atoms with E-state index in [1.54, 1.807) is 0 Å². The van der Waals surface area contributed by atoms with E-state index < -0.39 is 26.4 Å². The monoisotopic (exact) mass is 761 g/mol. The normalized spacial score (nSPS) is 13.0. The zero-order chi connectivity index (χ0) is 39.8. The van der Waals surface area contributed by atoms with E-state index in [-0.39, 0.29) is 49.1 Å². The average molecular weight is 762 g/mol. The van der Waals surface area contributed by atoms with Crippen LogP contribution in [0.5, 0.6) is 0 Å². The number of Topliss-reactive ketones (excluding diaryl/α,β-unsaturated/α-hetero) is 1. The van der Waals surface area contributed by atoms with Crippen LogP contribution in [0, 0.1) is 5.92 Å². The number of hydrogen-bond acceptors (Lipinski definition) is 7. The van der Waals surface area contributed by atoms with E-state index in [0.29, 0.717) is 16.6 Å². The number of ether oxygens (including phenoxy) is 3. The number of nitrogens with one attached hydrogen (secondary N) is 1. The topological polar surface area (TPSA) is 99.1 Å². The van der Waals surface area contributed by atoms with Crippen LogP contribution in [0.2, 0.25) is 18.1 Å². The number of benzene rings is 4. The first kappa shape index (κ1) is 41.0. The lowest BCUT2D eigenvalue weighted by atomic mass is 9.99. The standard InChI is InChI=1S/C45H55N3O6Si/c1-32(2)41(43(50)53-29-34-21-14-10-15-22-34)47(6)38-25-18-26-39-40(38)36(27-48(39)55(7,8)45(3,4)5)42(49)37(31-52-28-33-19-12-9-13-20-33)46-44(51)54-30-35-23-16-11-17-24-35/h9-27,32,37,41H,28-31H2,1-8H3,(H,46,51)/t37-,41+/m1/s1. The number of alkyl carbamates (subject to hydrolysis) is 1. The molecule has 0 spiro atoms. The fourth-order valence-corrected chi connectivity index (χ4v) is 8.52. The molecule has 1 amide bonds. The summed E-state index contributed by atoms with van der Waals surface area (Å²) in [4.78, 5) is 44.1. The van der Waals surface area contributed by atoms with Gasteiger partial charge in [-0.15, -0.1) is 0 Å². The Labute approximate surface area is 326 Å². The minimum Gasteiger partial charge on any atom is -0.459 e. The van der Waals surface area contributed by atoms with Gasteiger partial charge in [-0.25, -0.2) is 9.59 Å². The number of hydrogen-bond donors (Lipinski definition) is 1. The fourth-order valence-electron chi connectivity index (χ4n) is 6.56. The van der Waals surface area contributed by atoms with Gasteiger partial charge in [-0.05, 0) is 39.8 Å². The summed E-state index contributed by atoms with van der Waals surface area (Å²) in [7, 11) is -0.449. The van der Waals surface area contributed by atoms with Crippen LogP contribution in [0.3, 0.4) is 0 Å². The molecular weight excluding hydrogens is 707 g/mol. The van der Waals surface area contributed by atoms with Crippen LogP contribution in [0.4, 0.5) is 10.5 Å². The van der Waals surface area contributed by atoms with Gasteiger partial charge in [-0.3, -0.25) is 4.79 Å². The molecule has 5 rings (SSSR count). The number of carbonyl (C=O) groups excluding carboxylic acids is 3. The van der Waals surface area contributed by atoms with Crippen molar-refractivity contribution in [3.05, 3.63) is 138 Å². The third-order valence-electron chi connectivity index (χ3n) is 10.6. The second kappa shape index (κ2) is 18.0. The molecule has 0 saturated heterocycles. The molecule has 1 heterocycles. The van der Waals surface area contributed by atoms with Crippen LogP contribution in [-0.2, 0) is 38.8 Å². The van der Waals surface area contributed by atoms with Crippen LogP contribution in [0.1, 0.15) is 61.7 Å². The third kappa shape index (κ3) is 9.92. The Bertz CT molecular complexity index is 2040. The van der Waals surface area contributed by atoms with Crippen molar-refractivity contribution >= 4 is 42.7 Å². The molecule has 55 heavy (non-hydrogen) atoms. The summed E-state index contributed by atoms with van der Waals surface area (Å²) in [6, 6.07) is 32.9. The Hall–Kier alpha value is -5.19. The van der Waals surface area contributed by atoms with E-state index in [4.69, 9.17) is 14.2 Å². The highest BCUT2D eigenvalue weighted by Gasteiger charge is 2.41. The molecule has 0 fully saturated rings. The highest BCUT2D eigenvalue weighted by molar-refractivity contribution is 6.79. The van der Waals surface area contributed by atoms with Gasteiger partial charge in [0.25, 0.3) is 0 Å². The van der Waals surface area contributed by atoms with Gasteiger partial charge in [0.05, 0.1) is 13.2 Å². The second-order valence-corrected chi connectivity index (χ2v) is 21.0. The molecule has 0 bridgehead atoms. The van der Waals surface area contributed by atoms with Gasteiger partial charge < -0.3 is 28.7 Å². The third-order valence-corrected chi connectivity index (χ3v) is 15.9.